The van der Waals surface area contributed by atoms with E-state index in [4.69, 9.17) is 19.9 Å². The van der Waals surface area contributed by atoms with Crippen molar-refractivity contribution in [2.45, 2.75) is 52.1 Å². The number of rotatable bonds is 17. The second-order valence-electron chi connectivity index (χ2n) is 6.86. The largest absolute Gasteiger partial charge is 0.379 e. The lowest BCUT2D eigenvalue weighted by molar-refractivity contribution is -0.128. The van der Waals surface area contributed by atoms with Crippen LogP contribution in [0.4, 0.5) is 0 Å². The van der Waals surface area contributed by atoms with Crippen LogP contribution in [-0.2, 0) is 28.6 Å². The van der Waals surface area contributed by atoms with Gasteiger partial charge in [-0.1, -0.05) is 5.57 Å². The highest BCUT2D eigenvalue weighted by molar-refractivity contribution is 5.77. The van der Waals surface area contributed by atoms with E-state index in [9.17, 15) is 14.4 Å². The van der Waals surface area contributed by atoms with Crippen LogP contribution < -0.4 is 16.4 Å². The summed E-state index contributed by atoms with van der Waals surface area (Å²) in [5.41, 5.74) is 6.05. The summed E-state index contributed by atoms with van der Waals surface area (Å²) in [5, 5.41) is 5.53. The van der Waals surface area contributed by atoms with Gasteiger partial charge in [0.25, 0.3) is 0 Å². The monoisotopic (exact) mass is 401 g/mol. The van der Waals surface area contributed by atoms with Gasteiger partial charge in [0.15, 0.2) is 0 Å². The molecule has 1 unspecified atom stereocenters. The molecule has 3 amide bonds. The Labute approximate surface area is 167 Å². The van der Waals surface area contributed by atoms with E-state index in [0.29, 0.717) is 13.0 Å². The Morgan fingerprint density at radius 1 is 0.893 bits per heavy atom. The van der Waals surface area contributed by atoms with E-state index in [1.807, 2.05) is 20.8 Å². The minimum absolute atomic E-state index is 0.0723. The Kier molecular flexibility index (Phi) is 14.9. The van der Waals surface area contributed by atoms with Gasteiger partial charge in [0, 0.05) is 18.9 Å². The van der Waals surface area contributed by atoms with Crippen LogP contribution in [0.1, 0.15) is 40.0 Å². The lowest BCUT2D eigenvalue weighted by Crippen LogP contribution is -2.43. The fourth-order valence-corrected chi connectivity index (χ4v) is 2.00. The summed E-state index contributed by atoms with van der Waals surface area (Å²) in [4.78, 5) is 34.3. The van der Waals surface area contributed by atoms with Crippen LogP contribution in [0.2, 0.25) is 0 Å². The van der Waals surface area contributed by atoms with Gasteiger partial charge >= 0.3 is 0 Å². The number of carbonyl (C=O) groups is 3. The average molecular weight is 402 g/mol. The molecule has 4 N–H and O–H groups in total. The summed E-state index contributed by atoms with van der Waals surface area (Å²) in [7, 11) is 0. The molecule has 0 saturated heterocycles. The molecule has 9 nitrogen and oxygen atoms in total. The predicted molar refractivity (Wildman–Crippen MR) is 106 cm³/mol. The fraction of sp³-hybridized carbons (Fsp3) is 0.737. The molecule has 28 heavy (non-hydrogen) atoms. The van der Waals surface area contributed by atoms with Crippen molar-refractivity contribution in [3.63, 3.8) is 0 Å². The molecule has 0 radical (unpaired) electrons. The van der Waals surface area contributed by atoms with Crippen LogP contribution in [0.25, 0.3) is 0 Å². The van der Waals surface area contributed by atoms with Gasteiger partial charge in [0.1, 0.15) is 6.61 Å². The van der Waals surface area contributed by atoms with Gasteiger partial charge in [0.2, 0.25) is 17.7 Å². The lowest BCUT2D eigenvalue weighted by atomic mass is 10.3. The van der Waals surface area contributed by atoms with Crippen molar-refractivity contribution in [1.29, 1.82) is 0 Å². The topological polar surface area (TPSA) is 129 Å². The number of nitrogens with two attached hydrogens (primary N) is 1. The van der Waals surface area contributed by atoms with Gasteiger partial charge in [0.05, 0.1) is 39.1 Å². The zero-order valence-electron chi connectivity index (χ0n) is 17.3. The van der Waals surface area contributed by atoms with Crippen molar-refractivity contribution >= 4 is 17.7 Å². The second kappa shape index (κ2) is 16.0. The molecule has 1 atom stereocenters. The third kappa shape index (κ3) is 17.4. The summed E-state index contributed by atoms with van der Waals surface area (Å²) in [6.45, 7) is 10.5. The van der Waals surface area contributed by atoms with E-state index in [1.54, 1.807) is 0 Å². The van der Waals surface area contributed by atoms with Crippen LogP contribution in [-0.4, -0.2) is 69.4 Å². The van der Waals surface area contributed by atoms with E-state index in [1.165, 1.54) is 0 Å². The van der Waals surface area contributed by atoms with Crippen molar-refractivity contribution < 1.29 is 28.6 Å². The second-order valence-corrected chi connectivity index (χ2v) is 6.86. The Bertz CT molecular complexity index is 496. The fourth-order valence-electron chi connectivity index (χ4n) is 2.00. The molecule has 0 rings (SSSR count). The van der Waals surface area contributed by atoms with Gasteiger partial charge < -0.3 is 30.6 Å². The number of hydrogen-bond donors (Lipinski definition) is 3. The van der Waals surface area contributed by atoms with Gasteiger partial charge in [-0.3, -0.25) is 14.4 Å². The third-order valence-corrected chi connectivity index (χ3v) is 3.33. The van der Waals surface area contributed by atoms with Crippen LogP contribution >= 0.6 is 0 Å². The van der Waals surface area contributed by atoms with E-state index in [0.717, 1.165) is 5.57 Å². The smallest absolute Gasteiger partial charge is 0.246 e. The number of amides is 3. The molecule has 0 spiro atoms. The maximum absolute atomic E-state index is 12.0. The molecule has 0 bridgehead atoms. The maximum atomic E-state index is 12.0. The first-order valence-corrected chi connectivity index (χ1v) is 9.45. The quantitative estimate of drug-likeness (QED) is 0.237. The molecule has 162 valence electrons. The molecule has 9 heteroatoms. The van der Waals surface area contributed by atoms with E-state index in [-0.39, 0.29) is 63.7 Å². The van der Waals surface area contributed by atoms with Crippen molar-refractivity contribution in [3.05, 3.63) is 12.2 Å². The highest BCUT2D eigenvalue weighted by Crippen LogP contribution is 1.96. The van der Waals surface area contributed by atoms with Gasteiger partial charge in [-0.15, -0.1) is 6.58 Å². The standard InChI is InChI=1S/C19H35N3O6/c1-14(2)5-8-28-13-19(25)22-16(11-26-9-6-17(20)23)12-27-10-7-18(24)21-15(3)4/h15-16H,1,5-13H2,2-4H3,(H2,20,23)(H,21,24)(H,22,25). The zero-order chi connectivity index (χ0) is 21.4. The summed E-state index contributed by atoms with van der Waals surface area (Å²) in [6, 6.07) is -0.360. The van der Waals surface area contributed by atoms with Crippen LogP contribution in [0, 0.1) is 0 Å². The number of ether oxygens (including phenoxy) is 3. The van der Waals surface area contributed by atoms with Crippen molar-refractivity contribution in [3.8, 4) is 0 Å². The van der Waals surface area contributed by atoms with Crippen molar-refractivity contribution in [1.82, 2.24) is 10.6 Å². The van der Waals surface area contributed by atoms with Gasteiger partial charge in [-0.25, -0.2) is 0 Å². The van der Waals surface area contributed by atoms with Gasteiger partial charge in [-0.2, -0.15) is 0 Å². The molecule has 0 fully saturated rings. The number of hydrogen-bond acceptors (Lipinski definition) is 6. The minimum atomic E-state index is -0.459. The Morgan fingerprint density at radius 2 is 1.46 bits per heavy atom. The molecule has 0 aromatic rings. The number of carbonyl (C=O) groups excluding carboxylic acids is 3. The van der Waals surface area contributed by atoms with E-state index >= 15 is 0 Å². The molecule has 0 aliphatic carbocycles. The molecule has 0 aromatic carbocycles. The van der Waals surface area contributed by atoms with Crippen molar-refractivity contribution in [2.24, 2.45) is 5.73 Å². The van der Waals surface area contributed by atoms with Crippen molar-refractivity contribution in [2.75, 3.05) is 39.6 Å². The summed E-state index contributed by atoms with van der Waals surface area (Å²) in [6.07, 6.45) is 1.01. The molecule has 0 heterocycles. The third-order valence-electron chi connectivity index (χ3n) is 3.33. The highest BCUT2D eigenvalue weighted by Gasteiger charge is 2.14. The first-order valence-electron chi connectivity index (χ1n) is 9.45. The molecule has 0 saturated carbocycles. The Balaban J connectivity index is 4.24. The summed E-state index contributed by atoms with van der Waals surface area (Å²) >= 11 is 0. The van der Waals surface area contributed by atoms with Crippen LogP contribution in [0.3, 0.4) is 0 Å². The molecule has 0 aliphatic heterocycles. The van der Waals surface area contributed by atoms with E-state index in [2.05, 4.69) is 17.2 Å². The van der Waals surface area contributed by atoms with Crippen LogP contribution in [0.15, 0.2) is 12.2 Å². The molecular formula is C19H35N3O6. The molecule has 0 aromatic heterocycles. The highest BCUT2D eigenvalue weighted by atomic mass is 16.5. The number of nitrogens with one attached hydrogen (secondary N) is 2. The van der Waals surface area contributed by atoms with E-state index < -0.39 is 11.9 Å². The maximum Gasteiger partial charge on any atom is 0.246 e. The van der Waals surface area contributed by atoms with Crippen LogP contribution in [0.5, 0.6) is 0 Å². The van der Waals surface area contributed by atoms with Gasteiger partial charge in [-0.05, 0) is 27.2 Å². The minimum Gasteiger partial charge on any atom is -0.379 e. The SMILES string of the molecule is C=C(C)CCOCC(=O)NC(COCCC(N)=O)COCCC(=O)NC(C)C. The Morgan fingerprint density at radius 3 is 2.00 bits per heavy atom. The first kappa shape index (κ1) is 26.0. The molecule has 0 aliphatic rings. The summed E-state index contributed by atoms with van der Waals surface area (Å²) < 4.78 is 16.1. The Hall–Kier alpha value is -1.97. The zero-order valence-corrected chi connectivity index (χ0v) is 17.3. The average Bonchev–Trinajstić information content (AvgIpc) is 2.58. The summed E-state index contributed by atoms with van der Waals surface area (Å²) in [5.74, 6) is -0.857. The lowest BCUT2D eigenvalue weighted by Gasteiger charge is -2.19. The molecular weight excluding hydrogens is 366 g/mol. The predicted octanol–water partition coefficient (Wildman–Crippen LogP) is 0.277. The first-order chi connectivity index (χ1) is 13.2. The number of primary amides is 1. The normalized spacial score (nSPS) is 11.9.